The van der Waals surface area contributed by atoms with Crippen LogP contribution in [0, 0.1) is 5.92 Å². The molecule has 0 spiro atoms. The molecule has 1 saturated carbocycles. The monoisotopic (exact) mass is 212 g/mol. The van der Waals surface area contributed by atoms with E-state index in [0.717, 1.165) is 5.92 Å². The summed E-state index contributed by atoms with van der Waals surface area (Å²) >= 11 is 0. The Labute approximate surface area is 92.8 Å². The molecule has 15 heavy (non-hydrogen) atoms. The van der Waals surface area contributed by atoms with Gasteiger partial charge in [0.2, 0.25) is 0 Å². The van der Waals surface area contributed by atoms with Crippen LogP contribution in [0.4, 0.5) is 0 Å². The molecule has 0 aromatic carbocycles. The standard InChI is InChI=1S/C12H24N2O/c1-10(9-15)13-12-4-6-14(7-5-12)8-11-2-3-11/h10-13,15H,2-9H2,1H3. The Hall–Kier alpha value is -0.120. The summed E-state index contributed by atoms with van der Waals surface area (Å²) in [5.41, 5.74) is 0. The Morgan fingerprint density at radius 1 is 1.27 bits per heavy atom. The van der Waals surface area contributed by atoms with Crippen molar-refractivity contribution >= 4 is 0 Å². The molecule has 0 bridgehead atoms. The van der Waals surface area contributed by atoms with Crippen LogP contribution in [0.2, 0.25) is 0 Å². The van der Waals surface area contributed by atoms with Crippen molar-refractivity contribution in [3.8, 4) is 0 Å². The van der Waals surface area contributed by atoms with Gasteiger partial charge in [0.05, 0.1) is 6.61 Å². The van der Waals surface area contributed by atoms with Gasteiger partial charge in [-0.25, -0.2) is 0 Å². The number of hydrogen-bond acceptors (Lipinski definition) is 3. The molecule has 2 fully saturated rings. The lowest BCUT2D eigenvalue weighted by molar-refractivity contribution is 0.171. The molecule has 0 aromatic rings. The topological polar surface area (TPSA) is 35.5 Å². The lowest BCUT2D eigenvalue weighted by Crippen LogP contribution is -2.46. The molecular formula is C12H24N2O. The number of hydrogen-bond donors (Lipinski definition) is 2. The molecule has 88 valence electrons. The van der Waals surface area contributed by atoms with Crippen molar-refractivity contribution in [1.29, 1.82) is 0 Å². The summed E-state index contributed by atoms with van der Waals surface area (Å²) in [6, 6.07) is 0.882. The highest BCUT2D eigenvalue weighted by Crippen LogP contribution is 2.30. The van der Waals surface area contributed by atoms with Crippen molar-refractivity contribution < 1.29 is 5.11 Å². The maximum absolute atomic E-state index is 8.97. The minimum absolute atomic E-state index is 0.252. The van der Waals surface area contributed by atoms with Gasteiger partial charge in [0, 0.05) is 18.6 Å². The van der Waals surface area contributed by atoms with E-state index in [1.165, 1.54) is 45.3 Å². The largest absolute Gasteiger partial charge is 0.395 e. The minimum Gasteiger partial charge on any atom is -0.395 e. The van der Waals surface area contributed by atoms with Crippen molar-refractivity contribution in [2.24, 2.45) is 5.92 Å². The van der Waals surface area contributed by atoms with Crippen LogP contribution in [-0.2, 0) is 0 Å². The zero-order chi connectivity index (χ0) is 10.7. The van der Waals surface area contributed by atoms with Crippen LogP contribution in [0.15, 0.2) is 0 Å². The maximum Gasteiger partial charge on any atom is 0.0582 e. The van der Waals surface area contributed by atoms with Gasteiger partial charge in [0.1, 0.15) is 0 Å². The van der Waals surface area contributed by atoms with Gasteiger partial charge >= 0.3 is 0 Å². The fourth-order valence-corrected chi connectivity index (χ4v) is 2.40. The highest BCUT2D eigenvalue weighted by atomic mass is 16.3. The molecule has 2 rings (SSSR count). The number of likely N-dealkylation sites (tertiary alicyclic amines) is 1. The van der Waals surface area contributed by atoms with Gasteiger partial charge < -0.3 is 15.3 Å². The molecule has 1 saturated heterocycles. The predicted octanol–water partition coefficient (Wildman–Crippen LogP) is 0.831. The third-order valence-corrected chi connectivity index (χ3v) is 3.59. The van der Waals surface area contributed by atoms with E-state index in [9.17, 15) is 0 Å². The van der Waals surface area contributed by atoms with Crippen molar-refractivity contribution in [2.75, 3.05) is 26.2 Å². The number of aliphatic hydroxyl groups excluding tert-OH is 1. The van der Waals surface area contributed by atoms with Crippen LogP contribution in [0.5, 0.6) is 0 Å². The Kier molecular flexibility index (Phi) is 4.00. The van der Waals surface area contributed by atoms with Crippen LogP contribution in [0.3, 0.4) is 0 Å². The third-order valence-electron chi connectivity index (χ3n) is 3.59. The molecule has 1 atom stereocenters. The smallest absolute Gasteiger partial charge is 0.0582 e. The molecule has 0 amide bonds. The summed E-state index contributed by atoms with van der Waals surface area (Å²) in [5.74, 6) is 1.02. The molecule has 1 aliphatic heterocycles. The van der Waals surface area contributed by atoms with Gasteiger partial charge in [-0.15, -0.1) is 0 Å². The van der Waals surface area contributed by atoms with Crippen LogP contribution < -0.4 is 5.32 Å². The van der Waals surface area contributed by atoms with Gasteiger partial charge in [-0.1, -0.05) is 0 Å². The highest BCUT2D eigenvalue weighted by molar-refractivity contribution is 4.83. The van der Waals surface area contributed by atoms with Crippen molar-refractivity contribution in [3.05, 3.63) is 0 Å². The second-order valence-electron chi connectivity index (χ2n) is 5.27. The average Bonchev–Trinajstić information content (AvgIpc) is 3.05. The molecule has 1 heterocycles. The molecular weight excluding hydrogens is 188 g/mol. The Morgan fingerprint density at radius 3 is 2.47 bits per heavy atom. The van der Waals surface area contributed by atoms with E-state index in [1.54, 1.807) is 0 Å². The van der Waals surface area contributed by atoms with E-state index >= 15 is 0 Å². The van der Waals surface area contributed by atoms with Crippen LogP contribution in [0.25, 0.3) is 0 Å². The second kappa shape index (κ2) is 5.28. The van der Waals surface area contributed by atoms with Gasteiger partial charge in [0.25, 0.3) is 0 Å². The molecule has 2 aliphatic rings. The first-order valence-electron chi connectivity index (χ1n) is 6.37. The highest BCUT2D eigenvalue weighted by Gasteiger charge is 2.27. The summed E-state index contributed by atoms with van der Waals surface area (Å²) in [6.45, 7) is 6.12. The first kappa shape index (κ1) is 11.4. The third kappa shape index (κ3) is 3.74. The van der Waals surface area contributed by atoms with Gasteiger partial charge in [0.15, 0.2) is 0 Å². The fraction of sp³-hybridized carbons (Fsp3) is 1.00. The molecule has 0 aromatic heterocycles. The second-order valence-corrected chi connectivity index (χ2v) is 5.27. The van der Waals surface area contributed by atoms with Crippen molar-refractivity contribution in [1.82, 2.24) is 10.2 Å². The van der Waals surface area contributed by atoms with Crippen LogP contribution >= 0.6 is 0 Å². The molecule has 1 unspecified atom stereocenters. The SMILES string of the molecule is CC(CO)NC1CCN(CC2CC2)CC1. The summed E-state index contributed by atoms with van der Waals surface area (Å²) in [4.78, 5) is 2.61. The van der Waals surface area contributed by atoms with Crippen molar-refractivity contribution in [2.45, 2.75) is 44.7 Å². The number of aliphatic hydroxyl groups is 1. The molecule has 3 nitrogen and oxygen atoms in total. The molecule has 2 N–H and O–H groups in total. The quantitative estimate of drug-likeness (QED) is 0.708. The Balaban J connectivity index is 1.62. The van der Waals surface area contributed by atoms with Gasteiger partial charge in [-0.3, -0.25) is 0 Å². The number of rotatable bonds is 5. The number of piperidine rings is 1. The summed E-state index contributed by atoms with van der Waals surface area (Å²) in [7, 11) is 0. The Morgan fingerprint density at radius 2 is 1.93 bits per heavy atom. The first-order chi connectivity index (χ1) is 7.28. The summed E-state index contributed by atoms with van der Waals surface area (Å²) in [6.07, 6.45) is 5.41. The normalized spacial score (nSPS) is 26.8. The summed E-state index contributed by atoms with van der Waals surface area (Å²) < 4.78 is 0. The minimum atomic E-state index is 0.252. The fourth-order valence-electron chi connectivity index (χ4n) is 2.40. The van der Waals surface area contributed by atoms with Gasteiger partial charge in [-0.05, 0) is 51.6 Å². The van der Waals surface area contributed by atoms with E-state index in [0.29, 0.717) is 6.04 Å². The van der Waals surface area contributed by atoms with E-state index in [1.807, 2.05) is 0 Å². The first-order valence-corrected chi connectivity index (χ1v) is 6.37. The lowest BCUT2D eigenvalue weighted by atomic mass is 10.0. The van der Waals surface area contributed by atoms with Crippen LogP contribution in [0.1, 0.15) is 32.6 Å². The Bertz CT molecular complexity index is 186. The van der Waals surface area contributed by atoms with E-state index in [4.69, 9.17) is 5.11 Å². The van der Waals surface area contributed by atoms with E-state index in [2.05, 4.69) is 17.1 Å². The summed E-state index contributed by atoms with van der Waals surface area (Å²) in [5, 5.41) is 12.5. The lowest BCUT2D eigenvalue weighted by Gasteiger charge is -2.33. The average molecular weight is 212 g/mol. The number of nitrogens with one attached hydrogen (secondary N) is 1. The molecule has 1 aliphatic carbocycles. The zero-order valence-electron chi connectivity index (χ0n) is 9.78. The molecule has 3 heteroatoms. The van der Waals surface area contributed by atoms with E-state index < -0.39 is 0 Å². The van der Waals surface area contributed by atoms with Crippen molar-refractivity contribution in [3.63, 3.8) is 0 Å². The maximum atomic E-state index is 8.97. The zero-order valence-corrected chi connectivity index (χ0v) is 9.78. The number of nitrogens with zero attached hydrogens (tertiary/aromatic N) is 1. The van der Waals surface area contributed by atoms with Gasteiger partial charge in [-0.2, -0.15) is 0 Å². The molecule has 0 radical (unpaired) electrons. The van der Waals surface area contributed by atoms with E-state index in [-0.39, 0.29) is 12.6 Å². The predicted molar refractivity (Wildman–Crippen MR) is 61.9 cm³/mol. The van der Waals surface area contributed by atoms with Crippen LogP contribution in [-0.4, -0.2) is 48.3 Å².